The maximum Gasteiger partial charge on any atom is 0.319 e. The van der Waals surface area contributed by atoms with Crippen molar-refractivity contribution in [2.75, 3.05) is 30.0 Å². The third kappa shape index (κ3) is 4.48. The number of amides is 2. The second-order valence-electron chi connectivity index (χ2n) is 7.07. The van der Waals surface area contributed by atoms with Crippen LogP contribution < -0.4 is 15.4 Å². The lowest BCUT2D eigenvalue weighted by Crippen LogP contribution is -2.50. The van der Waals surface area contributed by atoms with Crippen LogP contribution in [-0.2, 0) is 14.6 Å². The van der Waals surface area contributed by atoms with Crippen LogP contribution in [0, 0.1) is 6.92 Å². The van der Waals surface area contributed by atoms with Gasteiger partial charge in [-0.15, -0.1) is 0 Å². The number of carbonyl (C=O) groups is 1. The normalized spacial score (nSPS) is 27.2. The monoisotopic (exact) mass is 382 g/mol. The fourth-order valence-corrected chi connectivity index (χ4v) is 5.66. The topological polar surface area (TPSA) is 93.7 Å². The molecule has 0 bridgehead atoms. The first kappa shape index (κ1) is 19.0. The third-order valence-electron chi connectivity index (χ3n) is 4.94. The van der Waals surface area contributed by atoms with Gasteiger partial charge in [-0.05, 0) is 56.9 Å². The highest BCUT2D eigenvalue weighted by molar-refractivity contribution is 7.91. The average Bonchev–Trinajstić information content (AvgIpc) is 2.84. The molecular formula is C18H26N2O5S. The van der Waals surface area contributed by atoms with Crippen LogP contribution in [0.4, 0.5) is 10.5 Å². The van der Waals surface area contributed by atoms with Crippen molar-refractivity contribution in [3.8, 4) is 5.75 Å². The van der Waals surface area contributed by atoms with Crippen LogP contribution in [0.25, 0.3) is 0 Å². The Bertz CT molecular complexity index is 780. The molecule has 0 aliphatic carbocycles. The fourth-order valence-electron chi connectivity index (χ4n) is 3.69. The van der Waals surface area contributed by atoms with E-state index in [1.807, 2.05) is 32.0 Å². The molecule has 1 aromatic carbocycles. The van der Waals surface area contributed by atoms with Crippen molar-refractivity contribution in [1.29, 1.82) is 0 Å². The number of urea groups is 1. The van der Waals surface area contributed by atoms with Crippen molar-refractivity contribution in [1.82, 2.24) is 5.32 Å². The molecule has 2 fully saturated rings. The molecule has 2 aliphatic heterocycles. The lowest BCUT2D eigenvalue weighted by molar-refractivity contribution is -0.0685. The number of carbonyl (C=O) groups excluding carboxylic acids is 1. The number of sulfone groups is 1. The minimum Gasteiger partial charge on any atom is -0.494 e. The minimum atomic E-state index is -3.03. The lowest BCUT2D eigenvalue weighted by atomic mass is 9.90. The number of anilines is 1. The zero-order valence-corrected chi connectivity index (χ0v) is 16.0. The molecule has 1 aromatic rings. The van der Waals surface area contributed by atoms with E-state index in [1.54, 1.807) is 0 Å². The zero-order valence-electron chi connectivity index (χ0n) is 15.2. The summed E-state index contributed by atoms with van der Waals surface area (Å²) in [5, 5.41) is 5.81. The van der Waals surface area contributed by atoms with Crippen molar-refractivity contribution in [2.45, 2.75) is 44.8 Å². The molecule has 26 heavy (non-hydrogen) atoms. The molecule has 2 aliphatic rings. The summed E-state index contributed by atoms with van der Waals surface area (Å²) in [6, 6.07) is 5.13. The van der Waals surface area contributed by atoms with Gasteiger partial charge in [0.2, 0.25) is 0 Å². The zero-order chi connectivity index (χ0) is 18.8. The van der Waals surface area contributed by atoms with Crippen LogP contribution in [0.5, 0.6) is 5.75 Å². The van der Waals surface area contributed by atoms with Crippen molar-refractivity contribution in [3.63, 3.8) is 0 Å². The molecular weight excluding hydrogens is 356 g/mol. The molecule has 0 aromatic heterocycles. The van der Waals surface area contributed by atoms with Gasteiger partial charge in [0.15, 0.2) is 9.84 Å². The Morgan fingerprint density at radius 1 is 1.42 bits per heavy atom. The molecule has 2 amide bonds. The summed E-state index contributed by atoms with van der Waals surface area (Å²) in [5.41, 5.74) is 0.997. The molecule has 7 nitrogen and oxygen atoms in total. The van der Waals surface area contributed by atoms with Crippen molar-refractivity contribution >= 4 is 21.6 Å². The number of nitrogens with one attached hydrogen (secondary N) is 2. The summed E-state index contributed by atoms with van der Waals surface area (Å²) in [6.45, 7) is 4.88. The van der Waals surface area contributed by atoms with Gasteiger partial charge in [-0.3, -0.25) is 0 Å². The predicted molar refractivity (Wildman–Crippen MR) is 99.5 cm³/mol. The Balaban J connectivity index is 1.58. The van der Waals surface area contributed by atoms with E-state index in [1.165, 1.54) is 0 Å². The van der Waals surface area contributed by atoms with Crippen LogP contribution >= 0.6 is 0 Å². The Hall–Kier alpha value is -1.80. The summed E-state index contributed by atoms with van der Waals surface area (Å²) in [4.78, 5) is 12.4. The van der Waals surface area contributed by atoms with E-state index in [9.17, 15) is 13.2 Å². The Morgan fingerprint density at radius 3 is 2.88 bits per heavy atom. The number of ether oxygens (including phenoxy) is 2. The summed E-state index contributed by atoms with van der Waals surface area (Å²) >= 11 is 0. The van der Waals surface area contributed by atoms with Gasteiger partial charge in [0.1, 0.15) is 5.75 Å². The van der Waals surface area contributed by atoms with E-state index < -0.39 is 15.4 Å². The summed E-state index contributed by atoms with van der Waals surface area (Å²) in [6.07, 6.45) is 1.71. The predicted octanol–water partition coefficient (Wildman–Crippen LogP) is 2.25. The molecule has 8 heteroatoms. The summed E-state index contributed by atoms with van der Waals surface area (Å²) in [7, 11) is -3.03. The van der Waals surface area contributed by atoms with Gasteiger partial charge < -0.3 is 20.1 Å². The SMILES string of the molecule is CCOc1ccc(NC(=O)N[C@@H]2CCO[C@@]3(CCS(=O)(=O)C3)C2)c(C)c1. The molecule has 2 N–H and O–H groups in total. The van der Waals surface area contributed by atoms with Crippen LogP contribution in [0.2, 0.25) is 0 Å². The maximum atomic E-state index is 12.4. The highest BCUT2D eigenvalue weighted by atomic mass is 32.2. The smallest absolute Gasteiger partial charge is 0.319 e. The molecule has 2 heterocycles. The largest absolute Gasteiger partial charge is 0.494 e. The van der Waals surface area contributed by atoms with Crippen LogP contribution in [0.15, 0.2) is 18.2 Å². The van der Waals surface area contributed by atoms with E-state index >= 15 is 0 Å². The molecule has 3 rings (SSSR count). The van der Waals surface area contributed by atoms with Crippen LogP contribution in [0.3, 0.4) is 0 Å². The first-order chi connectivity index (χ1) is 12.3. The number of aryl methyl sites for hydroxylation is 1. The average molecular weight is 382 g/mol. The maximum absolute atomic E-state index is 12.4. The van der Waals surface area contributed by atoms with Crippen LogP contribution in [0.1, 0.15) is 31.7 Å². The highest BCUT2D eigenvalue weighted by Gasteiger charge is 2.46. The molecule has 0 radical (unpaired) electrons. The van der Waals surface area contributed by atoms with Gasteiger partial charge >= 0.3 is 6.03 Å². The number of rotatable bonds is 4. The van der Waals surface area contributed by atoms with E-state index in [-0.39, 0.29) is 23.6 Å². The Morgan fingerprint density at radius 2 is 2.23 bits per heavy atom. The lowest BCUT2D eigenvalue weighted by Gasteiger charge is -2.37. The number of hydrogen-bond donors (Lipinski definition) is 2. The van der Waals surface area contributed by atoms with Crippen molar-refractivity contribution in [3.05, 3.63) is 23.8 Å². The van der Waals surface area contributed by atoms with Gasteiger partial charge in [-0.25, -0.2) is 13.2 Å². The Kier molecular flexibility index (Phi) is 5.43. The van der Waals surface area contributed by atoms with E-state index in [0.717, 1.165) is 17.0 Å². The van der Waals surface area contributed by atoms with Gasteiger partial charge in [0.25, 0.3) is 0 Å². The van der Waals surface area contributed by atoms with E-state index in [0.29, 0.717) is 32.5 Å². The Labute approximate surface area is 154 Å². The number of benzene rings is 1. The number of hydrogen-bond acceptors (Lipinski definition) is 5. The summed E-state index contributed by atoms with van der Waals surface area (Å²) in [5.74, 6) is 0.986. The standard InChI is InChI=1S/C18H26N2O5S/c1-3-24-15-4-5-16(13(2)10-15)20-17(21)19-14-6-8-25-18(11-14)7-9-26(22,23)12-18/h4-5,10,14H,3,6-9,11-12H2,1-2H3,(H2,19,20,21)/t14-,18+/m1/s1. The third-order valence-corrected chi connectivity index (χ3v) is 6.73. The molecule has 2 atom stereocenters. The highest BCUT2D eigenvalue weighted by Crippen LogP contribution is 2.35. The molecule has 0 unspecified atom stereocenters. The quantitative estimate of drug-likeness (QED) is 0.833. The second-order valence-corrected chi connectivity index (χ2v) is 9.26. The second kappa shape index (κ2) is 7.44. The first-order valence-corrected chi connectivity index (χ1v) is 10.8. The minimum absolute atomic E-state index is 0.0534. The van der Waals surface area contributed by atoms with Gasteiger partial charge in [-0.1, -0.05) is 0 Å². The molecule has 2 saturated heterocycles. The fraction of sp³-hybridized carbons (Fsp3) is 0.611. The molecule has 0 saturated carbocycles. The van der Waals surface area contributed by atoms with Gasteiger partial charge in [0, 0.05) is 18.3 Å². The van der Waals surface area contributed by atoms with Gasteiger partial charge in [-0.2, -0.15) is 0 Å². The van der Waals surface area contributed by atoms with Crippen molar-refractivity contribution < 1.29 is 22.7 Å². The first-order valence-electron chi connectivity index (χ1n) is 8.96. The van der Waals surface area contributed by atoms with Crippen molar-refractivity contribution in [2.24, 2.45) is 0 Å². The summed E-state index contributed by atoms with van der Waals surface area (Å²) < 4.78 is 34.8. The van der Waals surface area contributed by atoms with Gasteiger partial charge in [0.05, 0.1) is 23.7 Å². The van der Waals surface area contributed by atoms with Crippen LogP contribution in [-0.4, -0.2) is 50.8 Å². The van der Waals surface area contributed by atoms with E-state index in [4.69, 9.17) is 9.47 Å². The van der Waals surface area contributed by atoms with E-state index in [2.05, 4.69) is 10.6 Å². The molecule has 1 spiro atoms. The molecule has 144 valence electrons.